The van der Waals surface area contributed by atoms with E-state index in [9.17, 15) is 9.59 Å². The molecule has 0 aliphatic carbocycles. The molecule has 6 heteroatoms. The van der Waals surface area contributed by atoms with E-state index >= 15 is 0 Å². The predicted molar refractivity (Wildman–Crippen MR) is 104 cm³/mol. The number of benzene rings is 2. The molecule has 4 nitrogen and oxygen atoms in total. The van der Waals surface area contributed by atoms with Crippen LogP contribution in [-0.4, -0.2) is 24.9 Å². The molecule has 132 valence electrons. The minimum absolute atomic E-state index is 0.0895. The van der Waals surface area contributed by atoms with Crippen LogP contribution in [0.3, 0.4) is 0 Å². The number of hydrogen-bond acceptors (Lipinski definition) is 2. The van der Waals surface area contributed by atoms with Crippen LogP contribution in [0.2, 0.25) is 10.0 Å². The van der Waals surface area contributed by atoms with Gasteiger partial charge < -0.3 is 9.80 Å². The van der Waals surface area contributed by atoms with Crippen molar-refractivity contribution < 1.29 is 9.59 Å². The summed E-state index contributed by atoms with van der Waals surface area (Å²) in [5.41, 5.74) is 2.37. The summed E-state index contributed by atoms with van der Waals surface area (Å²) < 4.78 is 0. The maximum Gasteiger partial charge on any atom is 0.247 e. The number of halogens is 2. The second-order valence-corrected chi connectivity index (χ2v) is 6.58. The summed E-state index contributed by atoms with van der Waals surface area (Å²) >= 11 is 12.0. The van der Waals surface area contributed by atoms with Crippen LogP contribution in [0, 0.1) is 6.92 Å². The smallest absolute Gasteiger partial charge is 0.247 e. The monoisotopic (exact) mass is 378 g/mol. The second-order valence-electron chi connectivity index (χ2n) is 5.71. The van der Waals surface area contributed by atoms with Crippen LogP contribution in [0.15, 0.2) is 42.5 Å². The van der Waals surface area contributed by atoms with Gasteiger partial charge in [0, 0.05) is 34.9 Å². The number of amides is 2. The average Bonchev–Trinajstić information content (AvgIpc) is 2.52. The van der Waals surface area contributed by atoms with Gasteiger partial charge in [-0.1, -0.05) is 35.3 Å². The van der Waals surface area contributed by atoms with Crippen molar-refractivity contribution >= 4 is 46.4 Å². The van der Waals surface area contributed by atoms with Crippen LogP contribution in [0.1, 0.15) is 19.4 Å². The molecular formula is C19H20Cl2N2O2. The second kappa shape index (κ2) is 8.37. The van der Waals surface area contributed by atoms with Crippen molar-refractivity contribution in [1.29, 1.82) is 0 Å². The van der Waals surface area contributed by atoms with E-state index in [-0.39, 0.29) is 18.4 Å². The van der Waals surface area contributed by atoms with Gasteiger partial charge in [0.2, 0.25) is 11.8 Å². The molecule has 0 spiro atoms. The van der Waals surface area contributed by atoms with Gasteiger partial charge in [0.25, 0.3) is 0 Å². The van der Waals surface area contributed by atoms with E-state index in [0.29, 0.717) is 22.3 Å². The number of likely N-dealkylation sites (N-methyl/N-ethyl adjacent to an activating group) is 1. The zero-order valence-corrected chi connectivity index (χ0v) is 15.9. The summed E-state index contributed by atoms with van der Waals surface area (Å²) in [6.45, 7) is 5.69. The van der Waals surface area contributed by atoms with Crippen molar-refractivity contribution in [3.63, 3.8) is 0 Å². The highest BCUT2D eigenvalue weighted by molar-refractivity contribution is 6.35. The third kappa shape index (κ3) is 4.97. The molecule has 0 aliphatic heterocycles. The predicted octanol–water partition coefficient (Wildman–Crippen LogP) is 4.71. The standard InChI is InChI=1S/C19H20Cl2N2O2/c1-4-22(17-7-5-6-13(2)8-17)19(25)12-23(14(3)24)18-10-15(20)9-16(21)11-18/h5-11H,4,12H2,1-3H3. The molecule has 0 saturated heterocycles. The Balaban J connectivity index is 2.29. The van der Waals surface area contributed by atoms with Crippen LogP contribution in [0.25, 0.3) is 0 Å². The Labute approximate surface area is 157 Å². The largest absolute Gasteiger partial charge is 0.311 e. The molecule has 0 N–H and O–H groups in total. The van der Waals surface area contributed by atoms with Gasteiger partial charge in [-0.3, -0.25) is 9.59 Å². The van der Waals surface area contributed by atoms with Crippen molar-refractivity contribution in [2.45, 2.75) is 20.8 Å². The van der Waals surface area contributed by atoms with Gasteiger partial charge in [-0.15, -0.1) is 0 Å². The molecule has 25 heavy (non-hydrogen) atoms. The molecule has 0 unspecified atom stereocenters. The number of carbonyl (C=O) groups is 2. The number of carbonyl (C=O) groups excluding carboxylic acids is 2. The Hall–Kier alpha value is -2.04. The van der Waals surface area contributed by atoms with Gasteiger partial charge in [-0.05, 0) is 49.7 Å². The molecule has 0 bridgehead atoms. The fourth-order valence-electron chi connectivity index (χ4n) is 2.60. The Bertz CT molecular complexity index is 772. The summed E-state index contributed by atoms with van der Waals surface area (Å²) in [6.07, 6.45) is 0. The molecule has 2 amide bonds. The summed E-state index contributed by atoms with van der Waals surface area (Å²) in [4.78, 5) is 27.9. The quantitative estimate of drug-likeness (QED) is 0.755. The minimum Gasteiger partial charge on any atom is -0.311 e. The number of rotatable bonds is 5. The van der Waals surface area contributed by atoms with Gasteiger partial charge in [0.15, 0.2) is 0 Å². The zero-order valence-electron chi connectivity index (χ0n) is 14.4. The minimum atomic E-state index is -0.257. The molecule has 2 rings (SSSR count). The van der Waals surface area contributed by atoms with E-state index in [1.807, 2.05) is 38.1 Å². The normalized spacial score (nSPS) is 10.4. The van der Waals surface area contributed by atoms with E-state index in [2.05, 4.69) is 0 Å². The van der Waals surface area contributed by atoms with Gasteiger partial charge >= 0.3 is 0 Å². The molecule has 0 fully saturated rings. The molecular weight excluding hydrogens is 359 g/mol. The lowest BCUT2D eigenvalue weighted by molar-refractivity contribution is -0.121. The molecule has 0 heterocycles. The van der Waals surface area contributed by atoms with Crippen molar-refractivity contribution in [1.82, 2.24) is 0 Å². The highest BCUT2D eigenvalue weighted by Gasteiger charge is 2.21. The van der Waals surface area contributed by atoms with Crippen LogP contribution < -0.4 is 9.80 Å². The summed E-state index contributed by atoms with van der Waals surface area (Å²) in [6, 6.07) is 12.5. The van der Waals surface area contributed by atoms with Gasteiger partial charge in [-0.25, -0.2) is 0 Å². The first kappa shape index (κ1) is 19.3. The lowest BCUT2D eigenvalue weighted by Gasteiger charge is -2.26. The summed E-state index contributed by atoms with van der Waals surface area (Å²) in [5, 5.41) is 0.819. The number of hydrogen-bond donors (Lipinski definition) is 0. The highest BCUT2D eigenvalue weighted by Crippen LogP contribution is 2.26. The Morgan fingerprint density at radius 3 is 2.12 bits per heavy atom. The van der Waals surface area contributed by atoms with Gasteiger partial charge in [-0.2, -0.15) is 0 Å². The van der Waals surface area contributed by atoms with Crippen molar-refractivity contribution in [3.8, 4) is 0 Å². The number of nitrogens with zero attached hydrogens (tertiary/aromatic N) is 2. The van der Waals surface area contributed by atoms with E-state index in [0.717, 1.165) is 11.3 Å². The zero-order chi connectivity index (χ0) is 18.6. The van der Waals surface area contributed by atoms with Crippen LogP contribution >= 0.6 is 23.2 Å². The van der Waals surface area contributed by atoms with E-state index < -0.39 is 0 Å². The summed E-state index contributed by atoms with van der Waals surface area (Å²) in [7, 11) is 0. The Morgan fingerprint density at radius 1 is 0.960 bits per heavy atom. The van der Waals surface area contributed by atoms with E-state index in [1.165, 1.54) is 11.8 Å². The molecule has 0 atom stereocenters. The first-order chi connectivity index (χ1) is 11.8. The Morgan fingerprint density at radius 2 is 1.60 bits per heavy atom. The van der Waals surface area contributed by atoms with E-state index in [4.69, 9.17) is 23.2 Å². The molecule has 0 aliphatic rings. The van der Waals surface area contributed by atoms with Crippen molar-refractivity contribution in [2.75, 3.05) is 22.9 Å². The van der Waals surface area contributed by atoms with Crippen LogP contribution in [0.5, 0.6) is 0 Å². The van der Waals surface area contributed by atoms with Gasteiger partial charge in [0.1, 0.15) is 6.54 Å². The average molecular weight is 379 g/mol. The van der Waals surface area contributed by atoms with Crippen molar-refractivity contribution in [3.05, 3.63) is 58.1 Å². The van der Waals surface area contributed by atoms with Crippen LogP contribution in [-0.2, 0) is 9.59 Å². The molecule has 0 radical (unpaired) electrons. The first-order valence-corrected chi connectivity index (χ1v) is 8.68. The third-order valence-electron chi connectivity index (χ3n) is 3.76. The van der Waals surface area contributed by atoms with Crippen LogP contribution in [0.4, 0.5) is 11.4 Å². The lowest BCUT2D eigenvalue weighted by Crippen LogP contribution is -2.42. The maximum atomic E-state index is 12.8. The van der Waals surface area contributed by atoms with E-state index in [1.54, 1.807) is 23.1 Å². The lowest BCUT2D eigenvalue weighted by atomic mass is 10.2. The molecule has 2 aromatic rings. The van der Waals surface area contributed by atoms with Crippen molar-refractivity contribution in [2.24, 2.45) is 0 Å². The first-order valence-electron chi connectivity index (χ1n) is 7.93. The fourth-order valence-corrected chi connectivity index (χ4v) is 3.11. The Kier molecular flexibility index (Phi) is 6.45. The molecule has 0 aromatic heterocycles. The SMILES string of the molecule is CCN(C(=O)CN(C(C)=O)c1cc(Cl)cc(Cl)c1)c1cccc(C)c1. The summed E-state index contributed by atoms with van der Waals surface area (Å²) in [5.74, 6) is -0.439. The highest BCUT2D eigenvalue weighted by atomic mass is 35.5. The molecule has 0 saturated carbocycles. The fraction of sp³-hybridized carbons (Fsp3) is 0.263. The number of aryl methyl sites for hydroxylation is 1. The molecule has 2 aromatic carbocycles. The number of anilines is 2. The van der Waals surface area contributed by atoms with Gasteiger partial charge in [0.05, 0.1) is 0 Å². The topological polar surface area (TPSA) is 40.6 Å². The maximum absolute atomic E-state index is 12.8. The third-order valence-corrected chi connectivity index (χ3v) is 4.20.